The van der Waals surface area contributed by atoms with Crippen LogP contribution >= 0.6 is 0 Å². The van der Waals surface area contributed by atoms with E-state index in [0.29, 0.717) is 0 Å². The Labute approximate surface area is 115 Å². The number of rotatable bonds is 1. The lowest BCUT2D eigenvalue weighted by Crippen LogP contribution is -2.52. The van der Waals surface area contributed by atoms with E-state index in [4.69, 9.17) is 5.73 Å². The lowest BCUT2D eigenvalue weighted by Gasteiger charge is -2.46. The number of aryl methyl sites for hydroxylation is 1. The molecule has 4 heteroatoms. The Kier molecular flexibility index (Phi) is 3.35. The lowest BCUT2D eigenvalue weighted by molar-refractivity contribution is 0.102. The van der Waals surface area contributed by atoms with E-state index in [1.807, 2.05) is 19.2 Å². The van der Waals surface area contributed by atoms with Crippen molar-refractivity contribution in [2.24, 2.45) is 5.92 Å². The summed E-state index contributed by atoms with van der Waals surface area (Å²) in [6.45, 7) is 5.50. The van der Waals surface area contributed by atoms with Crippen LogP contribution in [-0.2, 0) is 0 Å². The zero-order valence-corrected chi connectivity index (χ0v) is 12.0. The fraction of sp³-hybridized carbons (Fsp3) is 0.667. The second-order valence-electron chi connectivity index (χ2n) is 6.08. The maximum Gasteiger partial charge on any atom is 0.130 e. The number of nitrogens with two attached hydrogens (primary N) is 1. The van der Waals surface area contributed by atoms with Gasteiger partial charge in [0.2, 0.25) is 0 Å². The summed E-state index contributed by atoms with van der Waals surface area (Å²) in [5, 5.41) is 0. The van der Waals surface area contributed by atoms with Crippen molar-refractivity contribution in [3.05, 3.63) is 17.8 Å². The van der Waals surface area contributed by atoms with Crippen LogP contribution < -0.4 is 10.6 Å². The minimum Gasteiger partial charge on any atom is -0.398 e. The third kappa shape index (κ3) is 2.41. The van der Waals surface area contributed by atoms with Crippen LogP contribution in [0.2, 0.25) is 0 Å². The van der Waals surface area contributed by atoms with Crippen LogP contribution in [0.1, 0.15) is 24.8 Å². The van der Waals surface area contributed by atoms with Crippen LogP contribution in [0, 0.1) is 12.8 Å². The summed E-state index contributed by atoms with van der Waals surface area (Å²) >= 11 is 0. The summed E-state index contributed by atoms with van der Waals surface area (Å²) in [7, 11) is 2.27. The summed E-state index contributed by atoms with van der Waals surface area (Å²) in [4.78, 5) is 9.51. The molecular formula is C15H24N4. The number of piperidine rings is 2. The highest BCUT2D eigenvalue weighted by Gasteiger charge is 2.34. The highest BCUT2D eigenvalue weighted by Crippen LogP contribution is 2.31. The van der Waals surface area contributed by atoms with Crippen molar-refractivity contribution in [1.82, 2.24) is 9.88 Å². The van der Waals surface area contributed by atoms with Gasteiger partial charge in [-0.25, -0.2) is 4.98 Å². The number of hydrogen-bond donors (Lipinski definition) is 1. The fourth-order valence-corrected chi connectivity index (χ4v) is 3.56. The molecule has 2 aliphatic rings. The van der Waals surface area contributed by atoms with Gasteiger partial charge in [0.05, 0.1) is 0 Å². The van der Waals surface area contributed by atoms with Gasteiger partial charge in [-0.1, -0.05) is 0 Å². The van der Waals surface area contributed by atoms with Crippen molar-refractivity contribution in [3.8, 4) is 0 Å². The summed E-state index contributed by atoms with van der Waals surface area (Å²) in [6.07, 6.45) is 5.82. The van der Waals surface area contributed by atoms with Crippen LogP contribution in [0.4, 0.5) is 11.5 Å². The molecular weight excluding hydrogens is 236 g/mol. The van der Waals surface area contributed by atoms with Gasteiger partial charge in [0.1, 0.15) is 5.82 Å². The molecule has 2 saturated heterocycles. The van der Waals surface area contributed by atoms with Crippen molar-refractivity contribution < 1.29 is 0 Å². The minimum atomic E-state index is 0.771. The quantitative estimate of drug-likeness (QED) is 0.837. The Bertz CT molecular complexity index is 459. The zero-order chi connectivity index (χ0) is 13.4. The smallest absolute Gasteiger partial charge is 0.130 e. The third-order valence-corrected chi connectivity index (χ3v) is 4.80. The fourth-order valence-electron chi connectivity index (χ4n) is 3.56. The van der Waals surface area contributed by atoms with Crippen LogP contribution in [0.15, 0.2) is 12.3 Å². The molecule has 4 nitrogen and oxygen atoms in total. The first-order valence-corrected chi connectivity index (χ1v) is 7.32. The Morgan fingerprint density at radius 3 is 2.95 bits per heavy atom. The highest BCUT2D eigenvalue weighted by molar-refractivity contribution is 5.55. The van der Waals surface area contributed by atoms with E-state index in [2.05, 4.69) is 21.8 Å². The standard InChI is InChI=1S/C15H24N4/c1-11-9-17-15(8-13(11)16)19-7-5-14-12(10-19)4-3-6-18(14)2/h8-9,12,14H,3-7,10H2,1-2H3,(H2,16,17). The molecule has 0 radical (unpaired) electrons. The van der Waals surface area contributed by atoms with E-state index in [0.717, 1.165) is 42.1 Å². The van der Waals surface area contributed by atoms with E-state index < -0.39 is 0 Å². The van der Waals surface area contributed by atoms with Crippen LogP contribution in [-0.4, -0.2) is 42.6 Å². The van der Waals surface area contributed by atoms with Crippen molar-refractivity contribution in [1.29, 1.82) is 0 Å². The van der Waals surface area contributed by atoms with Gasteiger partial charge < -0.3 is 15.5 Å². The normalized spacial score (nSPS) is 28.2. The average molecular weight is 260 g/mol. The van der Waals surface area contributed by atoms with Gasteiger partial charge in [-0.15, -0.1) is 0 Å². The molecule has 104 valence electrons. The van der Waals surface area contributed by atoms with E-state index in [1.54, 1.807) is 0 Å². The molecule has 3 heterocycles. The molecule has 2 N–H and O–H groups in total. The number of pyridine rings is 1. The van der Waals surface area contributed by atoms with Crippen molar-refractivity contribution in [2.75, 3.05) is 37.3 Å². The number of fused-ring (bicyclic) bond motifs is 1. The maximum atomic E-state index is 6.01. The molecule has 2 atom stereocenters. The molecule has 0 amide bonds. The topological polar surface area (TPSA) is 45.4 Å². The summed E-state index contributed by atoms with van der Waals surface area (Å²) < 4.78 is 0. The Balaban J connectivity index is 1.75. The molecule has 1 aromatic rings. The first-order chi connectivity index (χ1) is 9.15. The third-order valence-electron chi connectivity index (χ3n) is 4.80. The molecule has 3 rings (SSSR count). The van der Waals surface area contributed by atoms with E-state index in [-0.39, 0.29) is 0 Å². The van der Waals surface area contributed by atoms with E-state index >= 15 is 0 Å². The van der Waals surface area contributed by atoms with Crippen LogP contribution in [0.3, 0.4) is 0 Å². The Morgan fingerprint density at radius 2 is 2.16 bits per heavy atom. The summed E-state index contributed by atoms with van der Waals surface area (Å²) in [6, 6.07) is 2.80. The molecule has 2 aliphatic heterocycles. The molecule has 0 spiro atoms. The second-order valence-corrected chi connectivity index (χ2v) is 6.08. The average Bonchev–Trinajstić information content (AvgIpc) is 2.42. The van der Waals surface area contributed by atoms with Gasteiger partial charge >= 0.3 is 0 Å². The number of likely N-dealkylation sites (tertiary alicyclic amines) is 1. The van der Waals surface area contributed by atoms with Gasteiger partial charge in [-0.2, -0.15) is 0 Å². The van der Waals surface area contributed by atoms with Gasteiger partial charge in [0.15, 0.2) is 0 Å². The summed E-state index contributed by atoms with van der Waals surface area (Å²) in [5.41, 5.74) is 7.93. The molecule has 2 fully saturated rings. The Morgan fingerprint density at radius 1 is 1.32 bits per heavy atom. The van der Waals surface area contributed by atoms with Crippen molar-refractivity contribution in [3.63, 3.8) is 0 Å². The molecule has 0 aliphatic carbocycles. The van der Waals surface area contributed by atoms with Crippen molar-refractivity contribution in [2.45, 2.75) is 32.2 Å². The second kappa shape index (κ2) is 5.00. The number of nitrogens with zero attached hydrogens (tertiary/aromatic N) is 3. The Hall–Kier alpha value is -1.29. The van der Waals surface area contributed by atoms with E-state index in [1.165, 1.54) is 25.8 Å². The number of nitrogen functional groups attached to an aromatic ring is 1. The van der Waals surface area contributed by atoms with Crippen molar-refractivity contribution >= 4 is 11.5 Å². The lowest BCUT2D eigenvalue weighted by atomic mass is 9.84. The zero-order valence-electron chi connectivity index (χ0n) is 12.0. The van der Waals surface area contributed by atoms with Gasteiger partial charge in [-0.3, -0.25) is 0 Å². The number of hydrogen-bond acceptors (Lipinski definition) is 4. The molecule has 0 bridgehead atoms. The summed E-state index contributed by atoms with van der Waals surface area (Å²) in [5.74, 6) is 1.84. The monoisotopic (exact) mass is 260 g/mol. The van der Waals surface area contributed by atoms with Crippen LogP contribution in [0.25, 0.3) is 0 Å². The first-order valence-electron chi connectivity index (χ1n) is 7.32. The predicted molar refractivity (Wildman–Crippen MR) is 79.4 cm³/mol. The van der Waals surface area contributed by atoms with E-state index in [9.17, 15) is 0 Å². The van der Waals surface area contributed by atoms with Gasteiger partial charge in [-0.05, 0) is 51.3 Å². The van der Waals surface area contributed by atoms with Gasteiger partial charge in [0, 0.05) is 37.1 Å². The molecule has 0 saturated carbocycles. The number of aromatic nitrogens is 1. The predicted octanol–water partition coefficient (Wildman–Crippen LogP) is 1.89. The molecule has 1 aromatic heterocycles. The number of anilines is 2. The largest absolute Gasteiger partial charge is 0.398 e. The SMILES string of the molecule is Cc1cnc(N2CCC3C(CCCN3C)C2)cc1N. The molecule has 0 aromatic carbocycles. The first kappa shape index (κ1) is 12.7. The highest BCUT2D eigenvalue weighted by atomic mass is 15.2. The van der Waals surface area contributed by atoms with Crippen LogP contribution in [0.5, 0.6) is 0 Å². The molecule has 19 heavy (non-hydrogen) atoms. The van der Waals surface area contributed by atoms with Gasteiger partial charge in [0.25, 0.3) is 0 Å². The maximum absolute atomic E-state index is 6.01. The molecule has 2 unspecified atom stereocenters. The minimum absolute atomic E-state index is 0.771.